The van der Waals surface area contributed by atoms with Gasteiger partial charge in [0.1, 0.15) is 0 Å². The van der Waals surface area contributed by atoms with Crippen molar-refractivity contribution in [1.82, 2.24) is 9.80 Å². The fourth-order valence-corrected chi connectivity index (χ4v) is 4.21. The van der Waals surface area contributed by atoms with Crippen molar-refractivity contribution in [2.24, 2.45) is 5.73 Å². The molecule has 2 heterocycles. The van der Waals surface area contributed by atoms with E-state index in [2.05, 4.69) is 23.6 Å². The standard InChI is InChI=1S/C15H29N3O/c1-3-13-9-19-7-6-18(13)15(10-16)8-12(2)17(11-15)14-4-5-14/h12-14H,3-11,16H2,1-2H3. The van der Waals surface area contributed by atoms with E-state index in [1.54, 1.807) is 0 Å². The summed E-state index contributed by atoms with van der Waals surface area (Å²) in [7, 11) is 0. The first-order chi connectivity index (χ1) is 9.20. The Kier molecular flexibility index (Phi) is 3.87. The molecule has 0 aromatic heterocycles. The summed E-state index contributed by atoms with van der Waals surface area (Å²) in [5.74, 6) is 0. The van der Waals surface area contributed by atoms with E-state index in [1.165, 1.54) is 32.2 Å². The van der Waals surface area contributed by atoms with Gasteiger partial charge in [-0.25, -0.2) is 0 Å². The first-order valence-electron chi connectivity index (χ1n) is 8.00. The summed E-state index contributed by atoms with van der Waals surface area (Å²) in [5.41, 5.74) is 6.45. The van der Waals surface area contributed by atoms with E-state index in [0.717, 1.165) is 32.3 Å². The van der Waals surface area contributed by atoms with E-state index in [4.69, 9.17) is 10.5 Å². The van der Waals surface area contributed by atoms with Crippen LogP contribution in [0.25, 0.3) is 0 Å². The Bertz CT molecular complexity index is 321. The second-order valence-corrected chi connectivity index (χ2v) is 6.72. The molecule has 3 rings (SSSR count). The van der Waals surface area contributed by atoms with E-state index in [1.807, 2.05) is 0 Å². The minimum atomic E-state index is 0.201. The van der Waals surface area contributed by atoms with Crippen LogP contribution >= 0.6 is 0 Å². The monoisotopic (exact) mass is 267 g/mol. The summed E-state index contributed by atoms with van der Waals surface area (Å²) >= 11 is 0. The number of hydrogen-bond donors (Lipinski definition) is 1. The van der Waals surface area contributed by atoms with Crippen LogP contribution < -0.4 is 5.73 Å². The third kappa shape index (κ3) is 2.44. The van der Waals surface area contributed by atoms with Gasteiger partial charge in [-0.1, -0.05) is 6.92 Å². The summed E-state index contributed by atoms with van der Waals surface area (Å²) < 4.78 is 5.67. The SMILES string of the molecule is CCC1COCCN1C1(CN)CC(C)N(C2CC2)C1. The third-order valence-electron chi connectivity index (χ3n) is 5.42. The number of morpholine rings is 1. The van der Waals surface area contributed by atoms with Crippen LogP contribution in [0, 0.1) is 0 Å². The molecular formula is C15H29N3O. The minimum absolute atomic E-state index is 0.201. The van der Waals surface area contributed by atoms with Gasteiger partial charge in [0, 0.05) is 43.3 Å². The highest BCUT2D eigenvalue weighted by Gasteiger charge is 2.50. The lowest BCUT2D eigenvalue weighted by Gasteiger charge is -2.47. The van der Waals surface area contributed by atoms with Crippen LogP contribution in [0.1, 0.15) is 39.5 Å². The van der Waals surface area contributed by atoms with Gasteiger partial charge in [0.25, 0.3) is 0 Å². The number of ether oxygens (including phenoxy) is 1. The van der Waals surface area contributed by atoms with Crippen molar-refractivity contribution >= 4 is 0 Å². The molecule has 0 bridgehead atoms. The lowest BCUT2D eigenvalue weighted by molar-refractivity contribution is -0.0608. The molecular weight excluding hydrogens is 238 g/mol. The van der Waals surface area contributed by atoms with Gasteiger partial charge in [0.05, 0.1) is 13.2 Å². The molecule has 3 atom stereocenters. The number of nitrogens with zero attached hydrogens (tertiary/aromatic N) is 2. The summed E-state index contributed by atoms with van der Waals surface area (Å²) in [6.07, 6.45) is 5.19. The fourth-order valence-electron chi connectivity index (χ4n) is 4.21. The molecule has 2 aliphatic heterocycles. The highest BCUT2D eigenvalue weighted by Crippen LogP contribution is 2.40. The van der Waals surface area contributed by atoms with Crippen molar-refractivity contribution in [3.63, 3.8) is 0 Å². The number of hydrogen-bond acceptors (Lipinski definition) is 4. The molecule has 1 saturated carbocycles. The van der Waals surface area contributed by atoms with Gasteiger partial charge in [0.2, 0.25) is 0 Å². The zero-order chi connectivity index (χ0) is 13.5. The molecule has 2 N–H and O–H groups in total. The van der Waals surface area contributed by atoms with Crippen LogP contribution in [0.2, 0.25) is 0 Å². The van der Waals surface area contributed by atoms with Crippen molar-refractivity contribution in [1.29, 1.82) is 0 Å². The Morgan fingerprint density at radius 2 is 2.16 bits per heavy atom. The van der Waals surface area contributed by atoms with Crippen molar-refractivity contribution in [3.05, 3.63) is 0 Å². The Labute approximate surface area is 117 Å². The van der Waals surface area contributed by atoms with Crippen LogP contribution in [0.3, 0.4) is 0 Å². The maximum absolute atomic E-state index is 6.25. The average Bonchev–Trinajstić information content (AvgIpc) is 3.23. The molecule has 19 heavy (non-hydrogen) atoms. The van der Waals surface area contributed by atoms with Gasteiger partial charge in [-0.05, 0) is 32.6 Å². The Balaban J connectivity index is 1.78. The Hall–Kier alpha value is -0.160. The second-order valence-electron chi connectivity index (χ2n) is 6.72. The van der Waals surface area contributed by atoms with Crippen LogP contribution in [0.15, 0.2) is 0 Å². The van der Waals surface area contributed by atoms with Gasteiger partial charge in [-0.2, -0.15) is 0 Å². The first-order valence-corrected chi connectivity index (χ1v) is 8.00. The number of rotatable bonds is 4. The van der Waals surface area contributed by atoms with Crippen molar-refractivity contribution in [2.45, 2.75) is 63.2 Å². The first kappa shape index (κ1) is 13.8. The molecule has 2 saturated heterocycles. The molecule has 0 spiro atoms. The van der Waals surface area contributed by atoms with E-state index < -0.39 is 0 Å². The van der Waals surface area contributed by atoms with Crippen molar-refractivity contribution in [2.75, 3.05) is 32.8 Å². The van der Waals surface area contributed by atoms with Crippen LogP contribution in [-0.4, -0.2) is 66.3 Å². The van der Waals surface area contributed by atoms with E-state index in [0.29, 0.717) is 12.1 Å². The maximum atomic E-state index is 6.25. The van der Waals surface area contributed by atoms with E-state index in [-0.39, 0.29) is 5.54 Å². The molecule has 110 valence electrons. The average molecular weight is 267 g/mol. The predicted octanol–water partition coefficient (Wildman–Crippen LogP) is 1.05. The number of likely N-dealkylation sites (tertiary alicyclic amines) is 1. The quantitative estimate of drug-likeness (QED) is 0.827. The van der Waals surface area contributed by atoms with Crippen molar-refractivity contribution in [3.8, 4) is 0 Å². The topological polar surface area (TPSA) is 41.7 Å². The third-order valence-corrected chi connectivity index (χ3v) is 5.42. The highest BCUT2D eigenvalue weighted by molar-refractivity contribution is 5.08. The zero-order valence-electron chi connectivity index (χ0n) is 12.5. The zero-order valence-corrected chi connectivity index (χ0v) is 12.5. The minimum Gasteiger partial charge on any atom is -0.378 e. The molecule has 0 aromatic carbocycles. The van der Waals surface area contributed by atoms with Gasteiger partial charge in [0.15, 0.2) is 0 Å². The lowest BCUT2D eigenvalue weighted by Crippen LogP contribution is -2.62. The predicted molar refractivity (Wildman–Crippen MR) is 77.2 cm³/mol. The maximum Gasteiger partial charge on any atom is 0.0622 e. The lowest BCUT2D eigenvalue weighted by atomic mass is 9.91. The van der Waals surface area contributed by atoms with Gasteiger partial charge in [-0.15, -0.1) is 0 Å². The van der Waals surface area contributed by atoms with Gasteiger partial charge >= 0.3 is 0 Å². The Morgan fingerprint density at radius 3 is 2.79 bits per heavy atom. The van der Waals surface area contributed by atoms with Crippen LogP contribution in [0.4, 0.5) is 0 Å². The summed E-state index contributed by atoms with van der Waals surface area (Å²) in [5, 5.41) is 0. The molecule has 4 heteroatoms. The molecule has 0 aromatic rings. The summed E-state index contributed by atoms with van der Waals surface area (Å²) in [6.45, 7) is 9.43. The van der Waals surface area contributed by atoms with E-state index in [9.17, 15) is 0 Å². The summed E-state index contributed by atoms with van der Waals surface area (Å²) in [6, 6.07) is 2.10. The van der Waals surface area contributed by atoms with Gasteiger partial charge in [-0.3, -0.25) is 9.80 Å². The molecule has 4 nitrogen and oxygen atoms in total. The highest BCUT2D eigenvalue weighted by atomic mass is 16.5. The Morgan fingerprint density at radius 1 is 1.37 bits per heavy atom. The molecule has 3 unspecified atom stereocenters. The van der Waals surface area contributed by atoms with E-state index >= 15 is 0 Å². The number of nitrogens with two attached hydrogens (primary N) is 1. The molecule has 3 aliphatic rings. The van der Waals surface area contributed by atoms with Crippen LogP contribution in [-0.2, 0) is 4.74 Å². The summed E-state index contributed by atoms with van der Waals surface area (Å²) in [4.78, 5) is 5.41. The van der Waals surface area contributed by atoms with Crippen molar-refractivity contribution < 1.29 is 4.74 Å². The fraction of sp³-hybridized carbons (Fsp3) is 1.00. The normalized spacial score (nSPS) is 41.8. The second kappa shape index (κ2) is 5.32. The molecule has 0 amide bonds. The molecule has 0 radical (unpaired) electrons. The molecule has 3 fully saturated rings. The largest absolute Gasteiger partial charge is 0.378 e. The van der Waals surface area contributed by atoms with Crippen LogP contribution in [0.5, 0.6) is 0 Å². The van der Waals surface area contributed by atoms with Gasteiger partial charge < -0.3 is 10.5 Å². The smallest absolute Gasteiger partial charge is 0.0622 e. The molecule has 1 aliphatic carbocycles.